The van der Waals surface area contributed by atoms with E-state index in [9.17, 15) is 23.1 Å². The summed E-state index contributed by atoms with van der Waals surface area (Å²) in [4.78, 5) is 12.4. The average molecular weight is 328 g/mol. The second kappa shape index (κ2) is 6.31. The molecular formula is C15H11F3O3S. The van der Waals surface area contributed by atoms with Gasteiger partial charge in [0.25, 0.3) is 0 Å². The fourth-order valence-corrected chi connectivity index (χ4v) is 2.62. The fourth-order valence-electron chi connectivity index (χ4n) is 1.76. The number of halogens is 3. The molecule has 0 aromatic heterocycles. The van der Waals surface area contributed by atoms with Gasteiger partial charge >= 0.3 is 12.1 Å². The topological polar surface area (TPSA) is 46.5 Å². The van der Waals surface area contributed by atoms with Gasteiger partial charge in [0.05, 0.1) is 18.2 Å². The molecule has 0 aliphatic heterocycles. The second-order valence-electron chi connectivity index (χ2n) is 4.29. The van der Waals surface area contributed by atoms with E-state index in [2.05, 4.69) is 4.74 Å². The lowest BCUT2D eigenvalue weighted by Gasteiger charge is -2.13. The van der Waals surface area contributed by atoms with E-state index in [0.29, 0.717) is 9.79 Å². The summed E-state index contributed by atoms with van der Waals surface area (Å²) in [5.74, 6) is -0.963. The Labute approximate surface area is 128 Å². The molecule has 116 valence electrons. The van der Waals surface area contributed by atoms with Gasteiger partial charge in [-0.2, -0.15) is 13.2 Å². The van der Waals surface area contributed by atoms with Crippen molar-refractivity contribution in [2.45, 2.75) is 16.0 Å². The van der Waals surface area contributed by atoms with Gasteiger partial charge in [-0.25, -0.2) is 4.79 Å². The predicted molar refractivity (Wildman–Crippen MR) is 75.0 cm³/mol. The zero-order valence-electron chi connectivity index (χ0n) is 11.3. The maximum Gasteiger partial charge on any atom is 0.417 e. The first-order valence-corrected chi connectivity index (χ1v) is 6.89. The maximum atomic E-state index is 13.1. The Hall–Kier alpha value is -2.15. The number of methoxy groups -OCH3 is 1. The van der Waals surface area contributed by atoms with Gasteiger partial charge in [0.1, 0.15) is 5.75 Å². The van der Waals surface area contributed by atoms with Crippen molar-refractivity contribution < 1.29 is 27.8 Å². The van der Waals surface area contributed by atoms with Crippen LogP contribution in [0, 0.1) is 0 Å². The van der Waals surface area contributed by atoms with Crippen LogP contribution >= 0.6 is 11.8 Å². The molecule has 0 saturated carbocycles. The van der Waals surface area contributed by atoms with Crippen molar-refractivity contribution in [3.05, 3.63) is 53.6 Å². The number of hydrogen-bond acceptors (Lipinski definition) is 4. The molecule has 7 heteroatoms. The number of esters is 1. The van der Waals surface area contributed by atoms with Crippen LogP contribution in [-0.2, 0) is 10.9 Å². The van der Waals surface area contributed by atoms with Crippen LogP contribution in [0.5, 0.6) is 5.75 Å². The smallest absolute Gasteiger partial charge is 0.417 e. The molecular weight excluding hydrogens is 317 g/mol. The lowest BCUT2D eigenvalue weighted by molar-refractivity contribution is -0.138. The molecule has 0 atom stereocenters. The van der Waals surface area contributed by atoms with E-state index in [0.717, 1.165) is 31.0 Å². The molecule has 0 amide bonds. The Balaban J connectivity index is 2.38. The van der Waals surface area contributed by atoms with Gasteiger partial charge in [-0.05, 0) is 42.5 Å². The fraction of sp³-hybridized carbons (Fsp3) is 0.133. The zero-order chi connectivity index (χ0) is 16.3. The molecule has 0 bridgehead atoms. The van der Waals surface area contributed by atoms with Gasteiger partial charge in [0.2, 0.25) is 0 Å². The van der Waals surface area contributed by atoms with Crippen LogP contribution in [0.4, 0.5) is 13.2 Å². The van der Waals surface area contributed by atoms with Crippen molar-refractivity contribution in [3.8, 4) is 5.75 Å². The third kappa shape index (κ3) is 3.73. The second-order valence-corrected chi connectivity index (χ2v) is 5.44. The van der Waals surface area contributed by atoms with Crippen molar-refractivity contribution >= 4 is 17.7 Å². The predicted octanol–water partition coefficient (Wildman–Crippen LogP) is 4.35. The molecule has 0 fully saturated rings. The zero-order valence-corrected chi connectivity index (χ0v) is 12.2. The first kappa shape index (κ1) is 16.2. The third-order valence-corrected chi connectivity index (χ3v) is 3.77. The SMILES string of the molecule is COC(=O)c1ccc(Sc2ccc(O)cc2)cc1C(F)(F)F. The molecule has 0 unspecified atom stereocenters. The Morgan fingerprint density at radius 1 is 1.09 bits per heavy atom. The number of ether oxygens (including phenoxy) is 1. The van der Waals surface area contributed by atoms with Crippen LogP contribution in [0.2, 0.25) is 0 Å². The lowest BCUT2D eigenvalue weighted by atomic mass is 10.1. The van der Waals surface area contributed by atoms with Crippen molar-refractivity contribution in [2.75, 3.05) is 7.11 Å². The number of alkyl halides is 3. The van der Waals surface area contributed by atoms with Gasteiger partial charge in [-0.3, -0.25) is 0 Å². The van der Waals surface area contributed by atoms with Crippen LogP contribution < -0.4 is 0 Å². The Kier molecular flexibility index (Phi) is 4.65. The summed E-state index contributed by atoms with van der Waals surface area (Å²) in [6, 6.07) is 9.47. The van der Waals surface area contributed by atoms with E-state index >= 15 is 0 Å². The molecule has 0 radical (unpaired) electrons. The van der Waals surface area contributed by atoms with Crippen molar-refractivity contribution in [2.24, 2.45) is 0 Å². The number of hydrogen-bond donors (Lipinski definition) is 1. The molecule has 2 aromatic rings. The normalized spacial score (nSPS) is 11.3. The van der Waals surface area contributed by atoms with Gasteiger partial charge in [0.15, 0.2) is 0 Å². The minimum atomic E-state index is -4.66. The minimum absolute atomic E-state index is 0.0707. The van der Waals surface area contributed by atoms with Crippen LogP contribution in [0.1, 0.15) is 15.9 Å². The van der Waals surface area contributed by atoms with Gasteiger partial charge < -0.3 is 9.84 Å². The Morgan fingerprint density at radius 3 is 2.23 bits per heavy atom. The number of aromatic hydroxyl groups is 1. The highest BCUT2D eigenvalue weighted by atomic mass is 32.2. The molecule has 2 rings (SSSR count). The summed E-state index contributed by atoms with van der Waals surface area (Å²) in [7, 11) is 1.03. The molecule has 0 spiro atoms. The molecule has 22 heavy (non-hydrogen) atoms. The number of phenols is 1. The van der Waals surface area contributed by atoms with E-state index in [1.165, 1.54) is 18.2 Å². The average Bonchev–Trinajstić information content (AvgIpc) is 2.48. The monoisotopic (exact) mass is 328 g/mol. The highest BCUT2D eigenvalue weighted by molar-refractivity contribution is 7.99. The highest BCUT2D eigenvalue weighted by Gasteiger charge is 2.35. The van der Waals surface area contributed by atoms with Crippen molar-refractivity contribution in [3.63, 3.8) is 0 Å². The number of rotatable bonds is 3. The van der Waals surface area contributed by atoms with Gasteiger partial charge in [-0.1, -0.05) is 11.8 Å². The largest absolute Gasteiger partial charge is 0.508 e. The third-order valence-electron chi connectivity index (χ3n) is 2.77. The van der Waals surface area contributed by atoms with Crippen LogP contribution in [0.15, 0.2) is 52.3 Å². The summed E-state index contributed by atoms with van der Waals surface area (Å²) in [5, 5.41) is 9.19. The first-order chi connectivity index (χ1) is 10.3. The maximum absolute atomic E-state index is 13.1. The standard InChI is InChI=1S/C15H11F3O3S/c1-21-14(20)12-7-6-11(8-13(12)15(16,17)18)22-10-4-2-9(19)3-5-10/h2-8,19H,1H3. The number of benzene rings is 2. The van der Waals surface area contributed by atoms with Crippen molar-refractivity contribution in [1.29, 1.82) is 0 Å². The van der Waals surface area contributed by atoms with Gasteiger partial charge in [-0.15, -0.1) is 0 Å². The summed E-state index contributed by atoms with van der Waals surface area (Å²) >= 11 is 1.09. The first-order valence-electron chi connectivity index (χ1n) is 6.07. The van der Waals surface area contributed by atoms with Gasteiger partial charge in [0, 0.05) is 9.79 Å². The molecule has 0 heterocycles. The van der Waals surface area contributed by atoms with E-state index in [1.54, 1.807) is 12.1 Å². The van der Waals surface area contributed by atoms with E-state index < -0.39 is 23.3 Å². The Bertz CT molecular complexity index is 681. The number of carbonyl (C=O) groups is 1. The van der Waals surface area contributed by atoms with E-state index in [1.807, 2.05) is 0 Å². The quantitative estimate of drug-likeness (QED) is 0.851. The molecule has 1 N–H and O–H groups in total. The molecule has 2 aromatic carbocycles. The van der Waals surface area contributed by atoms with Crippen LogP contribution in [-0.4, -0.2) is 18.2 Å². The Morgan fingerprint density at radius 2 is 1.68 bits per heavy atom. The number of phenolic OH excluding ortho intramolecular Hbond substituents is 1. The summed E-state index contributed by atoms with van der Waals surface area (Å²) < 4.78 is 43.6. The number of carbonyl (C=O) groups excluding carboxylic acids is 1. The van der Waals surface area contributed by atoms with E-state index in [-0.39, 0.29) is 5.75 Å². The summed E-state index contributed by atoms with van der Waals surface area (Å²) in [5.41, 5.74) is -1.56. The summed E-state index contributed by atoms with van der Waals surface area (Å²) in [6.45, 7) is 0. The molecule has 0 saturated heterocycles. The molecule has 3 nitrogen and oxygen atoms in total. The van der Waals surface area contributed by atoms with Crippen molar-refractivity contribution in [1.82, 2.24) is 0 Å². The summed E-state index contributed by atoms with van der Waals surface area (Å²) in [6.07, 6.45) is -4.66. The van der Waals surface area contributed by atoms with E-state index in [4.69, 9.17) is 0 Å². The lowest BCUT2D eigenvalue weighted by Crippen LogP contribution is -2.14. The molecule has 0 aliphatic rings. The van der Waals surface area contributed by atoms with Crippen LogP contribution in [0.3, 0.4) is 0 Å². The minimum Gasteiger partial charge on any atom is -0.508 e. The highest BCUT2D eigenvalue weighted by Crippen LogP contribution is 2.37. The van der Waals surface area contributed by atoms with Crippen LogP contribution in [0.25, 0.3) is 0 Å². The molecule has 0 aliphatic carbocycles.